The molecule has 1 fully saturated rings. The van der Waals surface area contributed by atoms with Crippen LogP contribution in [-0.2, 0) is 0 Å². The average molecular weight is 319 g/mol. The number of nitrogens with one attached hydrogen (secondary N) is 1. The highest BCUT2D eigenvalue weighted by Gasteiger charge is 2.23. The van der Waals surface area contributed by atoms with Crippen LogP contribution in [0.15, 0.2) is 12.1 Å². The van der Waals surface area contributed by atoms with Crippen molar-refractivity contribution in [1.29, 1.82) is 0 Å². The number of halogens is 2. The van der Waals surface area contributed by atoms with Crippen LogP contribution in [0.25, 0.3) is 0 Å². The fourth-order valence-electron chi connectivity index (χ4n) is 3.36. The van der Waals surface area contributed by atoms with Gasteiger partial charge in [-0.25, -0.2) is 0 Å². The van der Waals surface area contributed by atoms with Crippen LogP contribution >= 0.6 is 24.8 Å². The van der Waals surface area contributed by atoms with Crippen LogP contribution in [0.2, 0.25) is 0 Å². The van der Waals surface area contributed by atoms with Gasteiger partial charge >= 0.3 is 0 Å². The summed E-state index contributed by atoms with van der Waals surface area (Å²) in [4.78, 5) is 2.64. The van der Waals surface area contributed by atoms with Crippen molar-refractivity contribution in [3.63, 3.8) is 0 Å². The van der Waals surface area contributed by atoms with Gasteiger partial charge < -0.3 is 5.32 Å². The van der Waals surface area contributed by atoms with Gasteiger partial charge in [0, 0.05) is 32.2 Å². The largest absolute Gasteiger partial charge is 0.314 e. The number of hydrogen-bond donors (Lipinski definition) is 1. The van der Waals surface area contributed by atoms with Gasteiger partial charge in [0.05, 0.1) is 0 Å². The Morgan fingerprint density at radius 3 is 2.00 bits per heavy atom. The lowest BCUT2D eigenvalue weighted by Gasteiger charge is -2.36. The van der Waals surface area contributed by atoms with Crippen LogP contribution in [0, 0.1) is 20.8 Å². The van der Waals surface area contributed by atoms with E-state index >= 15 is 0 Å². The molecule has 4 heteroatoms. The first-order valence-electron chi connectivity index (χ1n) is 7.16. The topological polar surface area (TPSA) is 15.3 Å². The molecule has 0 radical (unpaired) electrons. The number of hydrogen-bond acceptors (Lipinski definition) is 2. The summed E-state index contributed by atoms with van der Waals surface area (Å²) in [6.07, 6.45) is 1.20. The van der Waals surface area contributed by atoms with E-state index in [2.05, 4.69) is 50.0 Å². The molecular weight excluding hydrogens is 291 g/mol. The first-order valence-corrected chi connectivity index (χ1v) is 7.16. The quantitative estimate of drug-likeness (QED) is 0.911. The molecule has 20 heavy (non-hydrogen) atoms. The Kier molecular flexibility index (Phi) is 8.76. The van der Waals surface area contributed by atoms with Crippen molar-refractivity contribution in [1.82, 2.24) is 10.2 Å². The Morgan fingerprint density at radius 1 is 1.05 bits per heavy atom. The summed E-state index contributed by atoms with van der Waals surface area (Å²) in [5, 5.41) is 3.44. The zero-order valence-electron chi connectivity index (χ0n) is 13.0. The van der Waals surface area contributed by atoms with Crippen molar-refractivity contribution in [3.8, 4) is 0 Å². The molecule has 0 bridgehead atoms. The standard InChI is InChI=1S/C16H26N2.2ClH/c1-5-15(18-8-6-17-7-9-18)16-13(3)10-12(2)11-14(16)4;;/h10-11,15,17H,5-9H2,1-4H3;2*1H/t15-;;/m1../s1. The normalized spacial score (nSPS) is 17.0. The minimum Gasteiger partial charge on any atom is -0.314 e. The molecule has 1 aliphatic heterocycles. The van der Waals surface area contributed by atoms with E-state index in [4.69, 9.17) is 0 Å². The highest BCUT2D eigenvalue weighted by Crippen LogP contribution is 2.30. The Labute approximate surface area is 136 Å². The van der Waals surface area contributed by atoms with Gasteiger partial charge in [-0.05, 0) is 43.9 Å². The second-order valence-electron chi connectivity index (χ2n) is 5.52. The zero-order valence-corrected chi connectivity index (χ0v) is 14.7. The molecule has 0 amide bonds. The smallest absolute Gasteiger partial charge is 0.0351 e. The molecule has 0 aliphatic carbocycles. The fraction of sp³-hybridized carbons (Fsp3) is 0.625. The van der Waals surface area contributed by atoms with Crippen molar-refractivity contribution in [3.05, 3.63) is 34.4 Å². The Hall–Kier alpha value is -0.280. The van der Waals surface area contributed by atoms with E-state index in [1.807, 2.05) is 0 Å². The third-order valence-corrected chi connectivity index (χ3v) is 4.05. The SMILES string of the molecule is CC[C@H](c1c(C)cc(C)cc1C)N1CCNCC1.Cl.Cl. The number of nitrogens with zero attached hydrogens (tertiary/aromatic N) is 1. The van der Waals surface area contributed by atoms with Gasteiger partial charge in [-0.3, -0.25) is 4.90 Å². The molecule has 0 unspecified atom stereocenters. The Balaban J connectivity index is 0.00000180. The van der Waals surface area contributed by atoms with Crippen LogP contribution in [0.3, 0.4) is 0 Å². The van der Waals surface area contributed by atoms with Gasteiger partial charge in [0.15, 0.2) is 0 Å². The van der Waals surface area contributed by atoms with Crippen molar-refractivity contribution in [2.24, 2.45) is 0 Å². The number of rotatable bonds is 3. The van der Waals surface area contributed by atoms with E-state index in [9.17, 15) is 0 Å². The van der Waals surface area contributed by atoms with Gasteiger partial charge in [0.25, 0.3) is 0 Å². The van der Waals surface area contributed by atoms with Crippen molar-refractivity contribution >= 4 is 24.8 Å². The van der Waals surface area contributed by atoms with E-state index in [1.54, 1.807) is 5.56 Å². The van der Waals surface area contributed by atoms with Crippen LogP contribution in [0.1, 0.15) is 41.6 Å². The summed E-state index contributed by atoms with van der Waals surface area (Å²) in [6, 6.07) is 5.24. The van der Waals surface area contributed by atoms with Crippen LogP contribution in [-0.4, -0.2) is 31.1 Å². The maximum absolute atomic E-state index is 3.44. The zero-order chi connectivity index (χ0) is 13.1. The van der Waals surface area contributed by atoms with Crippen molar-refractivity contribution < 1.29 is 0 Å². The molecule has 1 aromatic rings. The highest BCUT2D eigenvalue weighted by atomic mass is 35.5. The molecule has 1 aliphatic rings. The molecule has 1 saturated heterocycles. The van der Waals surface area contributed by atoms with Crippen molar-refractivity contribution in [2.75, 3.05) is 26.2 Å². The molecular formula is C16H28Cl2N2. The maximum atomic E-state index is 3.44. The first-order chi connectivity index (χ1) is 8.63. The van der Waals surface area contributed by atoms with Crippen molar-refractivity contribution in [2.45, 2.75) is 40.2 Å². The lowest BCUT2D eigenvalue weighted by Crippen LogP contribution is -2.45. The molecule has 1 atom stereocenters. The monoisotopic (exact) mass is 318 g/mol. The summed E-state index contributed by atoms with van der Waals surface area (Å²) >= 11 is 0. The minimum atomic E-state index is 0. The average Bonchev–Trinajstić information content (AvgIpc) is 2.34. The molecule has 1 heterocycles. The third-order valence-electron chi connectivity index (χ3n) is 4.05. The van der Waals surface area contributed by atoms with Crippen LogP contribution in [0.4, 0.5) is 0 Å². The van der Waals surface area contributed by atoms with E-state index in [1.165, 1.54) is 36.2 Å². The van der Waals surface area contributed by atoms with Crippen LogP contribution < -0.4 is 5.32 Å². The maximum Gasteiger partial charge on any atom is 0.0351 e. The molecule has 2 rings (SSSR count). The second kappa shape index (κ2) is 8.89. The lowest BCUT2D eigenvalue weighted by atomic mass is 9.91. The van der Waals surface area contributed by atoms with Crippen LogP contribution in [0.5, 0.6) is 0 Å². The number of aryl methyl sites for hydroxylation is 3. The summed E-state index contributed by atoms with van der Waals surface area (Å²) < 4.78 is 0. The third kappa shape index (κ3) is 4.36. The van der Waals surface area contributed by atoms with Gasteiger partial charge in [0.1, 0.15) is 0 Å². The summed E-state index contributed by atoms with van der Waals surface area (Å²) in [5.41, 5.74) is 5.85. The van der Waals surface area contributed by atoms with Gasteiger partial charge in [0.2, 0.25) is 0 Å². The molecule has 1 N–H and O–H groups in total. The summed E-state index contributed by atoms with van der Waals surface area (Å²) in [5.74, 6) is 0. The van der Waals surface area contributed by atoms with E-state index in [0.29, 0.717) is 6.04 Å². The number of piperazine rings is 1. The fourth-order valence-corrected chi connectivity index (χ4v) is 3.36. The molecule has 116 valence electrons. The molecule has 1 aromatic carbocycles. The van der Waals surface area contributed by atoms with Gasteiger partial charge in [-0.15, -0.1) is 24.8 Å². The molecule has 0 spiro atoms. The Bertz CT molecular complexity index is 392. The molecule has 0 saturated carbocycles. The molecule has 0 aromatic heterocycles. The summed E-state index contributed by atoms with van der Waals surface area (Å²) in [7, 11) is 0. The lowest BCUT2D eigenvalue weighted by molar-refractivity contribution is 0.168. The van der Waals surface area contributed by atoms with E-state index in [0.717, 1.165) is 13.1 Å². The predicted octanol–water partition coefficient (Wildman–Crippen LogP) is 3.81. The number of benzene rings is 1. The highest BCUT2D eigenvalue weighted by molar-refractivity contribution is 5.85. The second-order valence-corrected chi connectivity index (χ2v) is 5.52. The summed E-state index contributed by atoms with van der Waals surface area (Å²) in [6.45, 7) is 13.6. The molecule has 2 nitrogen and oxygen atoms in total. The van der Waals surface area contributed by atoms with Gasteiger partial charge in [-0.2, -0.15) is 0 Å². The Morgan fingerprint density at radius 2 is 1.55 bits per heavy atom. The van der Waals surface area contributed by atoms with E-state index in [-0.39, 0.29) is 24.8 Å². The van der Waals surface area contributed by atoms with Gasteiger partial charge in [-0.1, -0.05) is 24.6 Å². The predicted molar refractivity (Wildman–Crippen MR) is 92.6 cm³/mol. The van der Waals surface area contributed by atoms with E-state index < -0.39 is 0 Å². The first kappa shape index (κ1) is 19.7. The minimum absolute atomic E-state index is 0.